The Labute approximate surface area is 412 Å². The summed E-state index contributed by atoms with van der Waals surface area (Å²) in [7, 11) is 0. The number of nitrogens with zero attached hydrogens (tertiary/aromatic N) is 16. The molecule has 0 saturated carbocycles. The van der Waals surface area contributed by atoms with Crippen LogP contribution in [0.3, 0.4) is 0 Å². The minimum Gasteiger partial charge on any atom is -0.309 e. The van der Waals surface area contributed by atoms with Crippen LogP contribution in [0.25, 0.3) is 112 Å². The number of hydrogen-bond acceptors (Lipinski definition) is 14. The van der Waals surface area contributed by atoms with Gasteiger partial charge in [-0.25, -0.2) is 59.8 Å². The van der Waals surface area contributed by atoms with Crippen molar-refractivity contribution >= 4 is 43.6 Å². The molecule has 0 aliphatic carbocycles. The average Bonchev–Trinajstić information content (AvgIpc) is 3.86. The van der Waals surface area contributed by atoms with Gasteiger partial charge in [0, 0.05) is 61.1 Å². The van der Waals surface area contributed by atoms with Crippen molar-refractivity contribution in [1.29, 1.82) is 5.26 Å². The van der Waals surface area contributed by atoms with Gasteiger partial charge in [0.05, 0.1) is 51.3 Å². The molecule has 0 N–H and O–H groups in total. The van der Waals surface area contributed by atoms with Crippen LogP contribution in [0.15, 0.2) is 109 Å². The van der Waals surface area contributed by atoms with Crippen molar-refractivity contribution in [3.63, 3.8) is 0 Å². The summed E-state index contributed by atoms with van der Waals surface area (Å²) in [5.74, 6) is 7.48. The molecule has 0 fully saturated rings. The average molecular weight is 939 g/mol. The van der Waals surface area contributed by atoms with Gasteiger partial charge < -0.3 is 9.13 Å². The van der Waals surface area contributed by atoms with Crippen molar-refractivity contribution in [2.45, 2.75) is 55.4 Å². The Morgan fingerprint density at radius 2 is 0.667 bits per heavy atom. The lowest BCUT2D eigenvalue weighted by Gasteiger charge is -2.18. The molecule has 0 saturated heterocycles. The van der Waals surface area contributed by atoms with E-state index in [4.69, 9.17) is 44.9 Å². The van der Waals surface area contributed by atoms with Gasteiger partial charge in [0.25, 0.3) is 0 Å². The van der Waals surface area contributed by atoms with E-state index in [0.29, 0.717) is 75.5 Å². The summed E-state index contributed by atoms with van der Waals surface area (Å²) in [6.45, 7) is 15.0. The Morgan fingerprint density at radius 3 is 1.00 bits per heavy atom. The fourth-order valence-corrected chi connectivity index (χ4v) is 9.91. The van der Waals surface area contributed by atoms with Gasteiger partial charge in [-0.05, 0) is 146 Å². The van der Waals surface area contributed by atoms with Crippen LogP contribution in [0.4, 0.5) is 0 Å². The van der Waals surface area contributed by atoms with E-state index in [0.717, 1.165) is 88.4 Å². The number of hydrogen-bond donors (Lipinski definition) is 0. The quantitative estimate of drug-likeness (QED) is 0.146. The molecule has 0 atom stereocenters. The Balaban J connectivity index is 1.12. The Kier molecular flexibility index (Phi) is 10.2. The number of aryl methyl sites for hydroxylation is 8. The summed E-state index contributed by atoms with van der Waals surface area (Å²) in [6, 6.07) is 35.4. The molecular formula is C56H42N16. The summed E-state index contributed by atoms with van der Waals surface area (Å²) >= 11 is 0. The van der Waals surface area contributed by atoms with Crippen molar-refractivity contribution in [2.75, 3.05) is 0 Å². The fraction of sp³-hybridized carbons (Fsp3) is 0.143. The predicted octanol–water partition coefficient (Wildman–Crippen LogP) is 10.7. The number of nitriles is 1. The van der Waals surface area contributed by atoms with Crippen LogP contribution >= 0.6 is 0 Å². The van der Waals surface area contributed by atoms with Gasteiger partial charge in [-0.15, -0.1) is 0 Å². The molecule has 0 unspecified atom stereocenters. The predicted molar refractivity (Wildman–Crippen MR) is 276 cm³/mol. The second-order valence-electron chi connectivity index (χ2n) is 17.8. The van der Waals surface area contributed by atoms with Crippen LogP contribution in [-0.2, 0) is 0 Å². The van der Waals surface area contributed by atoms with Crippen LogP contribution in [0.1, 0.15) is 52.2 Å². The van der Waals surface area contributed by atoms with Gasteiger partial charge in [0.2, 0.25) is 0 Å². The summed E-state index contributed by atoms with van der Waals surface area (Å²) in [4.78, 5) is 60.4. The second-order valence-corrected chi connectivity index (χ2v) is 17.8. The molecule has 0 spiro atoms. The molecular weight excluding hydrogens is 897 g/mol. The molecule has 16 heteroatoms. The lowest BCUT2D eigenvalue weighted by Crippen LogP contribution is -2.03. The van der Waals surface area contributed by atoms with E-state index in [-0.39, 0.29) is 0 Å². The fourth-order valence-electron chi connectivity index (χ4n) is 9.91. The van der Waals surface area contributed by atoms with Crippen molar-refractivity contribution in [1.82, 2.24) is 73.9 Å². The van der Waals surface area contributed by atoms with Gasteiger partial charge in [-0.2, -0.15) is 5.26 Å². The zero-order valence-electron chi connectivity index (χ0n) is 40.5. The molecule has 0 aliphatic heterocycles. The first-order valence-electron chi connectivity index (χ1n) is 23.3. The standard InChI is InChI=1S/C56H42N16/c1-28-59-29(2)64-53(63-28)37-10-15-47-43(22-37)44-23-38(54-65-30(3)60-31(4)66-54)11-16-48(44)71(47)51-21-36(26-57)9-14-41(51)42-19-20-58-27-52(42)72-49-17-12-39(55-67-32(5)61-33(6)68-55)24-45(49)46-25-40(13-18-50(46)72)56-69-34(7)62-35(8)70-56/h9-25,27H,1-8H3. The largest absolute Gasteiger partial charge is 0.309 e. The first kappa shape index (κ1) is 43.6. The van der Waals surface area contributed by atoms with E-state index >= 15 is 0 Å². The van der Waals surface area contributed by atoms with E-state index in [9.17, 15) is 5.26 Å². The van der Waals surface area contributed by atoms with E-state index in [2.05, 4.69) is 95.8 Å². The summed E-state index contributed by atoms with van der Waals surface area (Å²) in [5, 5.41) is 14.4. The summed E-state index contributed by atoms with van der Waals surface area (Å²) in [6.07, 6.45) is 3.71. The number of benzene rings is 5. The maximum absolute atomic E-state index is 10.5. The summed E-state index contributed by atoms with van der Waals surface area (Å²) in [5.41, 5.74) is 11.0. The third-order valence-electron chi connectivity index (χ3n) is 12.7. The maximum Gasteiger partial charge on any atom is 0.163 e. The smallest absolute Gasteiger partial charge is 0.163 e. The normalized spacial score (nSPS) is 11.6. The first-order valence-corrected chi connectivity index (χ1v) is 23.3. The van der Waals surface area contributed by atoms with E-state index in [1.807, 2.05) is 104 Å². The molecule has 0 amide bonds. The van der Waals surface area contributed by atoms with Crippen LogP contribution in [-0.4, -0.2) is 73.9 Å². The number of fused-ring (bicyclic) bond motifs is 6. The van der Waals surface area contributed by atoms with Crippen molar-refractivity contribution < 1.29 is 0 Å². The Hall–Kier alpha value is -9.62. The Morgan fingerprint density at radius 1 is 0.347 bits per heavy atom. The highest BCUT2D eigenvalue weighted by Crippen LogP contribution is 2.43. The monoisotopic (exact) mass is 938 g/mol. The van der Waals surface area contributed by atoms with Crippen LogP contribution in [0, 0.1) is 66.7 Å². The molecule has 7 heterocycles. The SMILES string of the molecule is Cc1nc(C)nc(-c2ccc3c(c2)c2cc(-c4nc(C)nc(C)n4)ccc2n3-c2cnccc2-c2ccc(C#N)cc2-n2c3ccc(-c4nc(C)nc(C)n4)cc3c3cc(-c4nc(C)nc(C)n4)ccc32)n1. The zero-order valence-corrected chi connectivity index (χ0v) is 40.5. The van der Waals surface area contributed by atoms with Gasteiger partial charge in [0.15, 0.2) is 23.3 Å². The minimum absolute atomic E-state index is 0.504. The second kappa shape index (κ2) is 16.8. The molecule has 7 aromatic heterocycles. The van der Waals surface area contributed by atoms with Crippen LogP contribution in [0.2, 0.25) is 0 Å². The molecule has 346 valence electrons. The minimum atomic E-state index is 0.504. The third kappa shape index (κ3) is 7.51. The number of rotatable bonds is 7. The maximum atomic E-state index is 10.5. The lowest BCUT2D eigenvalue weighted by atomic mass is 10.00. The zero-order chi connectivity index (χ0) is 49.5. The molecule has 12 rings (SSSR count). The third-order valence-corrected chi connectivity index (χ3v) is 12.7. The van der Waals surface area contributed by atoms with E-state index < -0.39 is 0 Å². The summed E-state index contributed by atoms with van der Waals surface area (Å²) < 4.78 is 4.48. The number of aromatic nitrogens is 15. The molecule has 16 nitrogen and oxygen atoms in total. The molecule has 5 aromatic carbocycles. The van der Waals surface area contributed by atoms with Gasteiger partial charge in [-0.1, -0.05) is 6.07 Å². The van der Waals surface area contributed by atoms with Gasteiger partial charge in [-0.3, -0.25) is 4.98 Å². The molecule has 0 bridgehead atoms. The van der Waals surface area contributed by atoms with Crippen molar-refractivity contribution in [3.8, 4) is 74.1 Å². The van der Waals surface area contributed by atoms with Crippen LogP contribution in [0.5, 0.6) is 0 Å². The van der Waals surface area contributed by atoms with E-state index in [1.54, 1.807) is 0 Å². The molecule has 0 radical (unpaired) electrons. The van der Waals surface area contributed by atoms with Gasteiger partial charge in [0.1, 0.15) is 46.6 Å². The first-order chi connectivity index (χ1) is 34.8. The molecule has 72 heavy (non-hydrogen) atoms. The van der Waals surface area contributed by atoms with E-state index in [1.165, 1.54) is 0 Å². The topological polar surface area (TPSA) is 201 Å². The Bertz CT molecular complexity index is 4000. The highest BCUT2D eigenvalue weighted by atomic mass is 15.1. The highest BCUT2D eigenvalue weighted by molar-refractivity contribution is 6.13. The number of pyridine rings is 1. The van der Waals surface area contributed by atoms with Gasteiger partial charge >= 0.3 is 0 Å². The lowest BCUT2D eigenvalue weighted by molar-refractivity contribution is 0.928. The molecule has 12 aromatic rings. The molecule has 0 aliphatic rings. The van der Waals surface area contributed by atoms with Crippen LogP contribution < -0.4 is 0 Å². The van der Waals surface area contributed by atoms with Crippen molar-refractivity contribution in [3.05, 3.63) is 162 Å². The van der Waals surface area contributed by atoms with Crippen molar-refractivity contribution in [2.24, 2.45) is 0 Å². The highest BCUT2D eigenvalue weighted by Gasteiger charge is 2.24.